The van der Waals surface area contributed by atoms with Crippen LogP contribution in [0.2, 0.25) is 0 Å². The average molecular weight is 228 g/mol. The van der Waals surface area contributed by atoms with Crippen LogP contribution in [0.15, 0.2) is 0 Å². The molecule has 1 fully saturated rings. The van der Waals surface area contributed by atoms with Gasteiger partial charge in [-0.1, -0.05) is 20.8 Å². The van der Waals surface area contributed by atoms with Crippen LogP contribution in [-0.4, -0.2) is 50.8 Å². The Morgan fingerprint density at radius 2 is 2.19 bits per heavy atom. The Morgan fingerprint density at radius 3 is 2.75 bits per heavy atom. The van der Waals surface area contributed by atoms with Gasteiger partial charge in [0.25, 0.3) is 0 Å². The molecule has 0 bridgehead atoms. The Hall–Kier alpha value is -0.120. The van der Waals surface area contributed by atoms with Crippen molar-refractivity contribution < 1.29 is 4.74 Å². The van der Waals surface area contributed by atoms with Crippen LogP contribution in [-0.2, 0) is 4.74 Å². The molecule has 0 saturated carbocycles. The van der Waals surface area contributed by atoms with E-state index < -0.39 is 0 Å². The fourth-order valence-electron chi connectivity index (χ4n) is 2.61. The maximum absolute atomic E-state index is 5.22. The van der Waals surface area contributed by atoms with Crippen LogP contribution >= 0.6 is 0 Å². The van der Waals surface area contributed by atoms with Crippen molar-refractivity contribution in [3.05, 3.63) is 0 Å². The topological polar surface area (TPSA) is 24.5 Å². The zero-order valence-corrected chi connectivity index (χ0v) is 11.3. The van der Waals surface area contributed by atoms with Crippen LogP contribution in [0.5, 0.6) is 0 Å². The van der Waals surface area contributed by atoms with E-state index in [9.17, 15) is 0 Å². The van der Waals surface area contributed by atoms with E-state index in [1.165, 1.54) is 13.0 Å². The number of methoxy groups -OCH3 is 1. The monoisotopic (exact) mass is 228 g/mol. The van der Waals surface area contributed by atoms with E-state index in [1.54, 1.807) is 7.11 Å². The minimum Gasteiger partial charge on any atom is -0.383 e. The van der Waals surface area contributed by atoms with Gasteiger partial charge in [0, 0.05) is 26.2 Å². The molecule has 0 aliphatic carbocycles. The van der Waals surface area contributed by atoms with Gasteiger partial charge in [-0.2, -0.15) is 0 Å². The first-order chi connectivity index (χ1) is 7.65. The second kappa shape index (κ2) is 7.25. The van der Waals surface area contributed by atoms with Crippen molar-refractivity contribution in [2.45, 2.75) is 33.2 Å². The van der Waals surface area contributed by atoms with Gasteiger partial charge in [0.1, 0.15) is 0 Å². The third-order valence-corrected chi connectivity index (χ3v) is 3.39. The molecule has 1 heterocycles. The molecule has 1 N–H and O–H groups in total. The SMILES string of the molecule is COCCN(CC(C)C)C1CCNCC1C. The van der Waals surface area contributed by atoms with E-state index in [-0.39, 0.29) is 0 Å². The van der Waals surface area contributed by atoms with Crippen molar-refractivity contribution in [1.29, 1.82) is 0 Å². The van der Waals surface area contributed by atoms with Gasteiger partial charge in [-0.05, 0) is 31.3 Å². The lowest BCUT2D eigenvalue weighted by molar-refractivity contribution is 0.0724. The summed E-state index contributed by atoms with van der Waals surface area (Å²) in [5, 5.41) is 3.47. The molecule has 16 heavy (non-hydrogen) atoms. The lowest BCUT2D eigenvalue weighted by Gasteiger charge is -2.39. The van der Waals surface area contributed by atoms with E-state index in [4.69, 9.17) is 4.74 Å². The minimum atomic E-state index is 0.735. The molecule has 1 rings (SSSR count). The summed E-state index contributed by atoms with van der Waals surface area (Å²) in [7, 11) is 1.79. The number of nitrogens with one attached hydrogen (secondary N) is 1. The van der Waals surface area contributed by atoms with Crippen molar-refractivity contribution in [3.8, 4) is 0 Å². The summed E-state index contributed by atoms with van der Waals surface area (Å²) in [6.07, 6.45) is 1.28. The van der Waals surface area contributed by atoms with Gasteiger partial charge in [0.15, 0.2) is 0 Å². The fraction of sp³-hybridized carbons (Fsp3) is 1.00. The van der Waals surface area contributed by atoms with E-state index >= 15 is 0 Å². The maximum Gasteiger partial charge on any atom is 0.0589 e. The summed E-state index contributed by atoms with van der Waals surface area (Å²) in [5.41, 5.74) is 0. The zero-order valence-electron chi connectivity index (χ0n) is 11.3. The normalized spacial score (nSPS) is 26.6. The molecule has 1 aliphatic heterocycles. The first-order valence-corrected chi connectivity index (χ1v) is 6.58. The summed E-state index contributed by atoms with van der Waals surface area (Å²) in [6.45, 7) is 12.4. The Labute approximate surface area is 101 Å². The lowest BCUT2D eigenvalue weighted by Crippen LogP contribution is -2.50. The predicted octanol–water partition coefficient (Wildman–Crippen LogP) is 1.59. The number of hydrogen-bond acceptors (Lipinski definition) is 3. The standard InChI is InChI=1S/C13H28N2O/c1-11(2)10-15(7-8-16-4)13-5-6-14-9-12(13)3/h11-14H,5-10H2,1-4H3. The Bertz CT molecular complexity index is 185. The second-order valence-corrected chi connectivity index (χ2v) is 5.42. The Kier molecular flexibility index (Phi) is 6.32. The lowest BCUT2D eigenvalue weighted by atomic mass is 9.93. The van der Waals surface area contributed by atoms with Crippen molar-refractivity contribution in [1.82, 2.24) is 10.2 Å². The van der Waals surface area contributed by atoms with Crippen molar-refractivity contribution in [2.24, 2.45) is 11.8 Å². The minimum absolute atomic E-state index is 0.735. The smallest absolute Gasteiger partial charge is 0.0589 e. The summed E-state index contributed by atoms with van der Waals surface area (Å²) < 4.78 is 5.22. The first-order valence-electron chi connectivity index (χ1n) is 6.58. The molecule has 0 radical (unpaired) electrons. The van der Waals surface area contributed by atoms with Gasteiger partial charge in [0.05, 0.1) is 6.61 Å². The number of rotatable bonds is 6. The Balaban J connectivity index is 2.50. The number of hydrogen-bond donors (Lipinski definition) is 1. The van der Waals surface area contributed by atoms with Crippen LogP contribution < -0.4 is 5.32 Å². The van der Waals surface area contributed by atoms with Gasteiger partial charge in [-0.15, -0.1) is 0 Å². The first kappa shape index (κ1) is 13.9. The van der Waals surface area contributed by atoms with Crippen molar-refractivity contribution in [3.63, 3.8) is 0 Å². The molecule has 3 heteroatoms. The van der Waals surface area contributed by atoms with E-state index in [1.807, 2.05) is 0 Å². The largest absolute Gasteiger partial charge is 0.383 e. The highest BCUT2D eigenvalue weighted by atomic mass is 16.5. The molecule has 0 spiro atoms. The maximum atomic E-state index is 5.22. The molecule has 1 saturated heterocycles. The molecule has 2 unspecified atom stereocenters. The van der Waals surface area contributed by atoms with Crippen molar-refractivity contribution in [2.75, 3.05) is 39.9 Å². The third kappa shape index (κ3) is 4.40. The highest BCUT2D eigenvalue weighted by Gasteiger charge is 2.26. The van der Waals surface area contributed by atoms with Crippen LogP contribution in [0.3, 0.4) is 0 Å². The van der Waals surface area contributed by atoms with Crippen LogP contribution in [0, 0.1) is 11.8 Å². The second-order valence-electron chi connectivity index (χ2n) is 5.42. The average Bonchev–Trinajstić information content (AvgIpc) is 2.24. The van der Waals surface area contributed by atoms with Gasteiger partial charge in [0.2, 0.25) is 0 Å². The van der Waals surface area contributed by atoms with E-state index in [0.717, 1.165) is 44.1 Å². The number of ether oxygens (including phenoxy) is 1. The summed E-state index contributed by atoms with van der Waals surface area (Å²) in [5.74, 6) is 1.49. The highest BCUT2D eigenvalue weighted by Crippen LogP contribution is 2.18. The van der Waals surface area contributed by atoms with Crippen LogP contribution in [0.25, 0.3) is 0 Å². The highest BCUT2D eigenvalue weighted by molar-refractivity contribution is 4.83. The molecule has 3 nitrogen and oxygen atoms in total. The molecule has 0 aromatic heterocycles. The fourth-order valence-corrected chi connectivity index (χ4v) is 2.61. The van der Waals surface area contributed by atoms with Crippen molar-refractivity contribution >= 4 is 0 Å². The van der Waals surface area contributed by atoms with Crippen LogP contribution in [0.1, 0.15) is 27.2 Å². The summed E-state index contributed by atoms with van der Waals surface area (Å²) in [6, 6.07) is 0.735. The summed E-state index contributed by atoms with van der Waals surface area (Å²) >= 11 is 0. The molecule has 1 aliphatic rings. The Morgan fingerprint density at radius 1 is 1.44 bits per heavy atom. The molecule has 0 aromatic rings. The molecule has 96 valence electrons. The molecule has 0 amide bonds. The number of nitrogens with zero attached hydrogens (tertiary/aromatic N) is 1. The van der Waals surface area contributed by atoms with Gasteiger partial charge >= 0.3 is 0 Å². The van der Waals surface area contributed by atoms with Gasteiger partial charge in [-0.3, -0.25) is 4.90 Å². The molecule has 2 atom stereocenters. The zero-order chi connectivity index (χ0) is 12.0. The van der Waals surface area contributed by atoms with Gasteiger partial charge in [-0.25, -0.2) is 0 Å². The molecular formula is C13H28N2O. The third-order valence-electron chi connectivity index (χ3n) is 3.39. The van der Waals surface area contributed by atoms with Gasteiger partial charge < -0.3 is 10.1 Å². The predicted molar refractivity (Wildman–Crippen MR) is 68.7 cm³/mol. The van der Waals surface area contributed by atoms with Crippen LogP contribution in [0.4, 0.5) is 0 Å². The number of piperidine rings is 1. The molecule has 0 aromatic carbocycles. The van der Waals surface area contributed by atoms with E-state index in [2.05, 4.69) is 31.0 Å². The molecular weight excluding hydrogens is 200 g/mol. The van der Waals surface area contributed by atoms with E-state index in [0.29, 0.717) is 0 Å². The quantitative estimate of drug-likeness (QED) is 0.747. The summed E-state index contributed by atoms with van der Waals surface area (Å²) in [4.78, 5) is 2.62.